The molecule has 0 aromatic carbocycles. The van der Waals surface area contributed by atoms with Gasteiger partial charge >= 0.3 is 591 Å². The van der Waals surface area contributed by atoms with Crippen molar-refractivity contribution in [3.63, 3.8) is 0 Å². The van der Waals surface area contributed by atoms with Crippen molar-refractivity contribution < 1.29 is 66.4 Å². The molecule has 300 valence electrons. The summed E-state index contributed by atoms with van der Waals surface area (Å²) in [4.78, 5) is 0. The van der Waals surface area contributed by atoms with E-state index >= 15 is 0 Å². The Balaban J connectivity index is -0.00000000389. The van der Waals surface area contributed by atoms with E-state index in [1.165, 1.54) is 0 Å². The Bertz CT molecular complexity index is 138. The second kappa shape index (κ2) is 430. The van der Waals surface area contributed by atoms with Gasteiger partial charge in [-0.1, -0.05) is 0 Å². The second-order valence-electron chi connectivity index (χ2n) is 4.11. The SMILES string of the molecule is CCO.CCO.CCO.CCO.CCO.CCO.CCO.CCO.CCO.CCO.CCO.CCO.CCO.[NaH].[NaH].[NaH].[NaH].[NaH].[NaH].[NaH].[NaH].[NaH].[NaH].[NaH].[NaH].[NaH].[NaH].[NaH].[NaH].[NaH].[NaH].[NaH].[NaH]. The molecule has 0 saturated carbocycles. The van der Waals surface area contributed by atoms with Crippen LogP contribution in [0.5, 0.6) is 0 Å². The number of aliphatic hydroxyl groups excluding tert-OH is 13. The van der Waals surface area contributed by atoms with E-state index in [0.717, 1.165) is 0 Å². The Morgan fingerprint density at radius 3 is 0.119 bits per heavy atom. The molecule has 13 nitrogen and oxygen atoms in total. The number of aliphatic hydroxyl groups is 13. The van der Waals surface area contributed by atoms with E-state index in [1.54, 1.807) is 90.0 Å². The molecule has 0 aromatic heterocycles. The first-order valence-electron chi connectivity index (χ1n) is 13.3. The molecule has 0 fully saturated rings. The maximum absolute atomic E-state index is 7.57. The van der Waals surface area contributed by atoms with Crippen LogP contribution in [-0.4, -0.2) is 743 Å². The Morgan fingerprint density at radius 2 is 0.119 bits per heavy atom. The molecule has 0 aliphatic carbocycles. The van der Waals surface area contributed by atoms with Crippen molar-refractivity contribution in [1.29, 1.82) is 0 Å². The van der Waals surface area contributed by atoms with Crippen LogP contribution in [-0.2, 0) is 0 Å². The van der Waals surface area contributed by atoms with Crippen molar-refractivity contribution >= 4 is 591 Å². The van der Waals surface area contributed by atoms with Gasteiger partial charge in [0.25, 0.3) is 0 Å². The Kier molecular flexibility index (Phi) is 1660. The van der Waals surface area contributed by atoms with Gasteiger partial charge in [-0.15, -0.1) is 0 Å². The molecule has 0 bridgehead atoms. The summed E-state index contributed by atoms with van der Waals surface area (Å²) in [6.45, 7) is 25.1. The van der Waals surface area contributed by atoms with Crippen molar-refractivity contribution in [2.75, 3.05) is 85.9 Å². The molecule has 33 heteroatoms. The third kappa shape index (κ3) is 1160. The molecule has 59 heavy (non-hydrogen) atoms. The van der Waals surface area contributed by atoms with Crippen molar-refractivity contribution in [1.82, 2.24) is 0 Å². The van der Waals surface area contributed by atoms with Crippen LogP contribution in [0.3, 0.4) is 0 Å². The van der Waals surface area contributed by atoms with E-state index in [1.807, 2.05) is 0 Å². The predicted octanol–water partition coefficient (Wildman–Crippen LogP) is -13.0. The standard InChI is InChI=1S/13C2H6O.20Na.20H/c13*1-2-3;;;;;;;;;;;;;;;;;;;;;;;;;;;;;;;;;;;;;;;;/h13*3H,2H2,1H3;;;;;;;;;;;;;;;;;;;;;;;;;;;;;;;;;;;;;;;;. The molecular weight excluding hydrogens is 980 g/mol. The quantitative estimate of drug-likeness (QED) is 0.101. The number of hydrogen-bond donors (Lipinski definition) is 13. The molecule has 0 aromatic rings. The van der Waals surface area contributed by atoms with Crippen molar-refractivity contribution in [3.05, 3.63) is 0 Å². The van der Waals surface area contributed by atoms with Gasteiger partial charge in [-0.2, -0.15) is 0 Å². The molecule has 0 spiro atoms. The van der Waals surface area contributed by atoms with E-state index in [0.29, 0.717) is 0 Å². The number of hydrogen-bond acceptors (Lipinski definition) is 13. The van der Waals surface area contributed by atoms with Crippen LogP contribution in [0.15, 0.2) is 0 Å². The summed E-state index contributed by atoms with van der Waals surface area (Å²) in [6, 6.07) is 0. The average molecular weight is 1080 g/mol. The summed E-state index contributed by atoms with van der Waals surface area (Å²) in [7, 11) is 0. The van der Waals surface area contributed by atoms with E-state index in [2.05, 4.69) is 0 Å². The molecule has 0 saturated heterocycles. The van der Waals surface area contributed by atoms with Crippen LogP contribution in [0.1, 0.15) is 90.0 Å². The van der Waals surface area contributed by atoms with Crippen LogP contribution in [0.4, 0.5) is 0 Å². The fourth-order valence-electron chi connectivity index (χ4n) is 0. The summed E-state index contributed by atoms with van der Waals surface area (Å²) < 4.78 is 0. The van der Waals surface area contributed by atoms with Gasteiger partial charge in [0.15, 0.2) is 0 Å². The molecule has 0 aliphatic rings. The zero-order valence-corrected chi connectivity index (χ0v) is 28.0. The average Bonchev–Trinajstić information content (AvgIpc) is 2.81. The summed E-state index contributed by atoms with van der Waals surface area (Å²) in [5.74, 6) is 0. The van der Waals surface area contributed by atoms with E-state index in [4.69, 9.17) is 66.4 Å². The van der Waals surface area contributed by atoms with Gasteiger partial charge in [0.1, 0.15) is 0 Å². The summed E-state index contributed by atoms with van der Waals surface area (Å²) in [5.41, 5.74) is 0. The summed E-state index contributed by atoms with van der Waals surface area (Å²) >= 11 is 0. The zero-order chi connectivity index (χ0) is 35.2. The fourth-order valence-corrected chi connectivity index (χ4v) is 0. The van der Waals surface area contributed by atoms with Gasteiger partial charge in [0.2, 0.25) is 0 Å². The van der Waals surface area contributed by atoms with E-state index in [-0.39, 0.29) is 677 Å². The summed E-state index contributed by atoms with van der Waals surface area (Å²) in [5, 5.41) is 98.4. The van der Waals surface area contributed by atoms with Crippen molar-refractivity contribution in [3.8, 4) is 0 Å². The zero-order valence-electron chi connectivity index (χ0n) is 28.0. The predicted molar refractivity (Wildman–Crippen MR) is 309 cm³/mol. The van der Waals surface area contributed by atoms with Gasteiger partial charge in [0.05, 0.1) is 0 Å². The molecule has 0 aliphatic heterocycles. The summed E-state index contributed by atoms with van der Waals surface area (Å²) in [6.07, 6.45) is 0. The first-order chi connectivity index (χ1) is 18.4. The minimum atomic E-state index is 0. The van der Waals surface area contributed by atoms with Crippen LogP contribution in [0, 0.1) is 0 Å². The Morgan fingerprint density at radius 1 is 0.119 bits per heavy atom. The molecule has 0 heterocycles. The minimum absolute atomic E-state index is 0. The first kappa shape index (κ1) is 228. The monoisotopic (exact) mass is 1080 g/mol. The fraction of sp³-hybridized carbons (Fsp3) is 1.00. The molecule has 0 atom stereocenters. The van der Waals surface area contributed by atoms with Crippen LogP contribution >= 0.6 is 0 Å². The van der Waals surface area contributed by atoms with Gasteiger partial charge in [0, 0.05) is 85.9 Å². The molecule has 13 N–H and O–H groups in total. The molecule has 0 amide bonds. The normalized spacial score (nSPS) is 3.97. The topological polar surface area (TPSA) is 263 Å². The molecular formula is C26H98Na20O13. The third-order valence-corrected chi connectivity index (χ3v) is 0. The third-order valence-electron chi connectivity index (χ3n) is 0. The van der Waals surface area contributed by atoms with Crippen LogP contribution < -0.4 is 0 Å². The van der Waals surface area contributed by atoms with Gasteiger partial charge in [-0.05, 0) is 90.0 Å². The first-order valence-corrected chi connectivity index (χ1v) is 13.3. The Labute approximate surface area is 811 Å². The van der Waals surface area contributed by atoms with Gasteiger partial charge in [-0.3, -0.25) is 0 Å². The maximum atomic E-state index is 7.57. The van der Waals surface area contributed by atoms with Crippen molar-refractivity contribution in [2.24, 2.45) is 0 Å². The van der Waals surface area contributed by atoms with Crippen LogP contribution in [0.25, 0.3) is 0 Å². The Hall–Kier alpha value is 19.5. The molecule has 0 rings (SSSR count). The van der Waals surface area contributed by atoms with Gasteiger partial charge in [-0.25, -0.2) is 0 Å². The number of rotatable bonds is 0. The van der Waals surface area contributed by atoms with Crippen LogP contribution in [0.2, 0.25) is 0 Å². The molecule has 0 radical (unpaired) electrons. The second-order valence-corrected chi connectivity index (χ2v) is 4.11. The van der Waals surface area contributed by atoms with E-state index in [9.17, 15) is 0 Å². The van der Waals surface area contributed by atoms with Gasteiger partial charge < -0.3 is 66.4 Å². The van der Waals surface area contributed by atoms with Crippen molar-refractivity contribution in [2.45, 2.75) is 90.0 Å². The molecule has 0 unspecified atom stereocenters. The van der Waals surface area contributed by atoms with E-state index < -0.39 is 0 Å².